The summed E-state index contributed by atoms with van der Waals surface area (Å²) in [5.74, 6) is 0. The molecule has 1 unspecified atom stereocenters. The zero-order valence-electron chi connectivity index (χ0n) is 15.3. The van der Waals surface area contributed by atoms with Gasteiger partial charge in [-0.2, -0.15) is 0 Å². The van der Waals surface area contributed by atoms with Gasteiger partial charge in [0, 0.05) is 30.9 Å². The Bertz CT molecular complexity index is 534. The largest absolute Gasteiger partial charge is 0.444 e. The van der Waals surface area contributed by atoms with Crippen molar-refractivity contribution >= 4 is 11.8 Å². The fourth-order valence-electron chi connectivity index (χ4n) is 3.23. The van der Waals surface area contributed by atoms with Gasteiger partial charge < -0.3 is 14.5 Å². The van der Waals surface area contributed by atoms with Crippen molar-refractivity contribution < 1.29 is 9.53 Å². The minimum Gasteiger partial charge on any atom is -0.444 e. The van der Waals surface area contributed by atoms with Crippen molar-refractivity contribution in [2.45, 2.75) is 64.6 Å². The molecule has 128 valence electrons. The van der Waals surface area contributed by atoms with Gasteiger partial charge in [0.15, 0.2) is 0 Å². The molecule has 2 rings (SSSR count). The first-order chi connectivity index (χ1) is 10.6. The smallest absolute Gasteiger partial charge is 0.410 e. The summed E-state index contributed by atoms with van der Waals surface area (Å²) in [6, 6.07) is 10.8. The van der Waals surface area contributed by atoms with Crippen LogP contribution in [0.4, 0.5) is 10.5 Å². The van der Waals surface area contributed by atoms with Gasteiger partial charge >= 0.3 is 6.09 Å². The summed E-state index contributed by atoms with van der Waals surface area (Å²) in [6.45, 7) is 10.7. The van der Waals surface area contributed by atoms with Crippen LogP contribution < -0.4 is 4.90 Å². The Morgan fingerprint density at radius 3 is 2.39 bits per heavy atom. The number of benzene rings is 1. The number of hydrogen-bond acceptors (Lipinski definition) is 3. The first kappa shape index (κ1) is 17.6. The van der Waals surface area contributed by atoms with Crippen molar-refractivity contribution in [3.63, 3.8) is 0 Å². The Kier molecular flexibility index (Phi) is 4.92. The van der Waals surface area contributed by atoms with E-state index in [1.807, 2.05) is 31.7 Å². The maximum absolute atomic E-state index is 12.5. The van der Waals surface area contributed by atoms with E-state index in [0.717, 1.165) is 19.4 Å². The molecule has 1 heterocycles. The lowest BCUT2D eigenvalue weighted by Gasteiger charge is -2.48. The molecule has 1 aliphatic rings. The van der Waals surface area contributed by atoms with Gasteiger partial charge in [-0.1, -0.05) is 18.2 Å². The molecule has 0 aliphatic carbocycles. The molecule has 1 aromatic rings. The number of hydrogen-bond donors (Lipinski definition) is 0. The molecule has 1 amide bonds. The highest BCUT2D eigenvalue weighted by Gasteiger charge is 2.40. The summed E-state index contributed by atoms with van der Waals surface area (Å²) in [7, 11) is 2.14. The van der Waals surface area contributed by atoms with Crippen LogP contribution in [0.2, 0.25) is 0 Å². The van der Waals surface area contributed by atoms with E-state index in [4.69, 9.17) is 4.74 Å². The van der Waals surface area contributed by atoms with Gasteiger partial charge in [-0.25, -0.2) is 4.79 Å². The summed E-state index contributed by atoms with van der Waals surface area (Å²) in [4.78, 5) is 16.7. The molecule has 0 bridgehead atoms. The Morgan fingerprint density at radius 1 is 1.26 bits per heavy atom. The fourth-order valence-corrected chi connectivity index (χ4v) is 3.23. The topological polar surface area (TPSA) is 32.8 Å². The molecule has 0 saturated carbocycles. The zero-order chi connectivity index (χ0) is 17.3. The Hall–Kier alpha value is -1.71. The number of para-hydroxylation sites is 1. The van der Waals surface area contributed by atoms with Crippen molar-refractivity contribution in [2.24, 2.45) is 0 Å². The number of carbonyl (C=O) groups is 1. The molecule has 0 aromatic heterocycles. The van der Waals surface area contributed by atoms with Gasteiger partial charge in [0.05, 0.1) is 0 Å². The predicted octanol–water partition coefficient (Wildman–Crippen LogP) is 4.30. The van der Waals surface area contributed by atoms with Gasteiger partial charge in [0.1, 0.15) is 5.60 Å². The van der Waals surface area contributed by atoms with Crippen LogP contribution in [0.5, 0.6) is 0 Å². The Labute approximate surface area is 140 Å². The first-order valence-corrected chi connectivity index (χ1v) is 8.39. The number of ether oxygens (including phenoxy) is 1. The molecular weight excluding hydrogens is 288 g/mol. The van der Waals surface area contributed by atoms with E-state index < -0.39 is 5.60 Å². The second-order valence-corrected chi connectivity index (χ2v) is 8.04. The van der Waals surface area contributed by atoms with Crippen LogP contribution in [0, 0.1) is 0 Å². The van der Waals surface area contributed by atoms with Crippen LogP contribution in [-0.4, -0.2) is 41.8 Å². The molecule has 23 heavy (non-hydrogen) atoms. The van der Waals surface area contributed by atoms with Crippen LogP contribution in [0.1, 0.15) is 47.5 Å². The summed E-state index contributed by atoms with van der Waals surface area (Å²) in [5.41, 5.74) is 0.554. The summed E-state index contributed by atoms with van der Waals surface area (Å²) < 4.78 is 5.57. The number of nitrogens with zero attached hydrogens (tertiary/aromatic N) is 2. The minimum atomic E-state index is -0.454. The van der Waals surface area contributed by atoms with E-state index in [9.17, 15) is 4.79 Å². The number of rotatable bonds is 2. The number of anilines is 1. The van der Waals surface area contributed by atoms with Crippen molar-refractivity contribution in [3.05, 3.63) is 30.3 Å². The summed E-state index contributed by atoms with van der Waals surface area (Å²) in [5, 5.41) is 0. The summed E-state index contributed by atoms with van der Waals surface area (Å²) >= 11 is 0. The maximum atomic E-state index is 12.5. The molecule has 4 heteroatoms. The fraction of sp³-hybridized carbons (Fsp3) is 0.632. The van der Waals surface area contributed by atoms with Crippen LogP contribution >= 0.6 is 0 Å². The lowest BCUT2D eigenvalue weighted by Crippen LogP contribution is -2.57. The molecular formula is C19H30N2O2. The SMILES string of the molecule is CN(c1ccccc1)C1CCN(C(=O)OC(C)(C)C)C(C)(C)C1. The molecule has 4 nitrogen and oxygen atoms in total. The third kappa shape index (κ3) is 4.40. The third-order valence-electron chi connectivity index (χ3n) is 4.48. The molecule has 0 spiro atoms. The molecule has 1 fully saturated rings. The lowest BCUT2D eigenvalue weighted by molar-refractivity contribution is -0.00907. The molecule has 1 aliphatic heterocycles. The second-order valence-electron chi connectivity index (χ2n) is 8.04. The zero-order valence-corrected chi connectivity index (χ0v) is 15.3. The highest BCUT2D eigenvalue weighted by molar-refractivity contribution is 5.69. The van der Waals surface area contributed by atoms with Crippen molar-refractivity contribution in [1.29, 1.82) is 0 Å². The number of carbonyl (C=O) groups excluding carboxylic acids is 1. The number of likely N-dealkylation sites (tertiary alicyclic amines) is 1. The molecule has 1 saturated heterocycles. The molecule has 0 N–H and O–H groups in total. The molecule has 0 radical (unpaired) electrons. The van der Waals surface area contributed by atoms with E-state index in [-0.39, 0.29) is 11.6 Å². The van der Waals surface area contributed by atoms with Crippen molar-refractivity contribution in [2.75, 3.05) is 18.5 Å². The van der Waals surface area contributed by atoms with Gasteiger partial charge in [-0.15, -0.1) is 0 Å². The number of amides is 1. The first-order valence-electron chi connectivity index (χ1n) is 8.39. The van der Waals surface area contributed by atoms with Crippen LogP contribution in [0.25, 0.3) is 0 Å². The van der Waals surface area contributed by atoms with E-state index >= 15 is 0 Å². The van der Waals surface area contributed by atoms with Crippen LogP contribution in [0.3, 0.4) is 0 Å². The normalized spacial score (nSPS) is 21.0. The average molecular weight is 318 g/mol. The minimum absolute atomic E-state index is 0.205. The lowest BCUT2D eigenvalue weighted by atomic mass is 9.86. The van der Waals surface area contributed by atoms with E-state index in [1.54, 1.807) is 0 Å². The highest BCUT2D eigenvalue weighted by Crippen LogP contribution is 2.33. The Morgan fingerprint density at radius 2 is 1.87 bits per heavy atom. The Balaban J connectivity index is 2.06. The van der Waals surface area contributed by atoms with Crippen LogP contribution in [0.15, 0.2) is 30.3 Å². The molecule has 1 atom stereocenters. The van der Waals surface area contributed by atoms with Crippen molar-refractivity contribution in [3.8, 4) is 0 Å². The van der Waals surface area contributed by atoms with E-state index in [2.05, 4.69) is 50.1 Å². The van der Waals surface area contributed by atoms with E-state index in [1.165, 1.54) is 5.69 Å². The standard InChI is InChI=1S/C19H30N2O2/c1-18(2,3)23-17(22)21-13-12-16(14-19(21,4)5)20(6)15-10-8-7-9-11-15/h7-11,16H,12-14H2,1-6H3. The maximum Gasteiger partial charge on any atom is 0.410 e. The van der Waals surface area contributed by atoms with Gasteiger partial charge in [-0.05, 0) is 59.6 Å². The second kappa shape index (κ2) is 6.42. The monoisotopic (exact) mass is 318 g/mol. The highest BCUT2D eigenvalue weighted by atomic mass is 16.6. The quantitative estimate of drug-likeness (QED) is 0.815. The molecule has 1 aromatic carbocycles. The van der Waals surface area contributed by atoms with Gasteiger partial charge in [0.25, 0.3) is 0 Å². The van der Waals surface area contributed by atoms with E-state index in [0.29, 0.717) is 6.04 Å². The van der Waals surface area contributed by atoms with Crippen molar-refractivity contribution in [1.82, 2.24) is 4.90 Å². The van der Waals surface area contributed by atoms with Gasteiger partial charge in [0.2, 0.25) is 0 Å². The predicted molar refractivity (Wildman–Crippen MR) is 94.9 cm³/mol. The van der Waals surface area contributed by atoms with Gasteiger partial charge in [-0.3, -0.25) is 0 Å². The van der Waals surface area contributed by atoms with Crippen LogP contribution in [-0.2, 0) is 4.74 Å². The third-order valence-corrected chi connectivity index (χ3v) is 4.48. The number of piperidine rings is 1. The average Bonchev–Trinajstić information content (AvgIpc) is 2.44. The summed E-state index contributed by atoms with van der Waals surface area (Å²) in [6.07, 6.45) is 1.68.